The maximum atomic E-state index is 13.0. The maximum absolute atomic E-state index is 13.0. The number of halogens is 1. The summed E-state index contributed by atoms with van der Waals surface area (Å²) in [6.45, 7) is 2.00. The number of aromatic nitrogens is 5. The highest BCUT2D eigenvalue weighted by atomic mass is 19.1. The van der Waals surface area contributed by atoms with Crippen LogP contribution in [-0.4, -0.2) is 37.4 Å². The SMILES string of the molecule is Cn1nc(C2CCN(c3ncc(F)cn3)CC2)n(Cc2ccccc2)c1=O. The van der Waals surface area contributed by atoms with Crippen LogP contribution in [0.25, 0.3) is 0 Å². The summed E-state index contributed by atoms with van der Waals surface area (Å²) in [5.41, 5.74) is 0.976. The summed E-state index contributed by atoms with van der Waals surface area (Å²) in [7, 11) is 1.69. The van der Waals surface area contributed by atoms with Crippen molar-refractivity contribution in [3.8, 4) is 0 Å². The number of hydrogen-bond donors (Lipinski definition) is 0. The minimum absolute atomic E-state index is 0.0989. The van der Waals surface area contributed by atoms with Crippen LogP contribution in [-0.2, 0) is 13.6 Å². The summed E-state index contributed by atoms with van der Waals surface area (Å²) in [5.74, 6) is 1.12. The van der Waals surface area contributed by atoms with Gasteiger partial charge in [-0.1, -0.05) is 30.3 Å². The Morgan fingerprint density at radius 1 is 1.11 bits per heavy atom. The van der Waals surface area contributed by atoms with Crippen molar-refractivity contribution >= 4 is 5.95 Å². The molecule has 2 aromatic heterocycles. The standard InChI is InChI=1S/C19H21FN6O/c1-24-19(27)26(13-14-5-3-2-4-6-14)17(23-24)15-7-9-25(10-8-15)18-21-11-16(20)12-22-18/h2-6,11-12,15H,7-10,13H2,1H3. The Morgan fingerprint density at radius 3 is 2.44 bits per heavy atom. The van der Waals surface area contributed by atoms with Crippen molar-refractivity contribution in [1.29, 1.82) is 0 Å². The number of aryl methyl sites for hydroxylation is 1. The molecular formula is C19H21FN6O. The first-order chi connectivity index (χ1) is 13.1. The minimum atomic E-state index is -0.438. The molecule has 27 heavy (non-hydrogen) atoms. The largest absolute Gasteiger partial charge is 0.345 e. The van der Waals surface area contributed by atoms with Gasteiger partial charge >= 0.3 is 5.69 Å². The molecule has 1 fully saturated rings. The zero-order valence-corrected chi connectivity index (χ0v) is 15.1. The van der Waals surface area contributed by atoms with Gasteiger partial charge in [0.25, 0.3) is 0 Å². The average Bonchev–Trinajstić information content (AvgIpc) is 2.98. The van der Waals surface area contributed by atoms with E-state index in [1.54, 1.807) is 11.6 Å². The van der Waals surface area contributed by atoms with Crippen LogP contribution < -0.4 is 10.6 Å². The summed E-state index contributed by atoms with van der Waals surface area (Å²) in [6.07, 6.45) is 4.05. The summed E-state index contributed by atoms with van der Waals surface area (Å²) in [6, 6.07) is 9.92. The van der Waals surface area contributed by atoms with Crippen LogP contribution in [0, 0.1) is 5.82 Å². The van der Waals surface area contributed by atoms with E-state index in [0.717, 1.165) is 37.3 Å². The van der Waals surface area contributed by atoms with Gasteiger partial charge in [0.1, 0.15) is 5.82 Å². The summed E-state index contributed by atoms with van der Waals surface area (Å²) >= 11 is 0. The van der Waals surface area contributed by atoms with E-state index in [-0.39, 0.29) is 11.6 Å². The number of benzene rings is 1. The van der Waals surface area contributed by atoms with Crippen LogP contribution in [0.1, 0.15) is 30.1 Å². The fraction of sp³-hybridized carbons (Fsp3) is 0.368. The highest BCUT2D eigenvalue weighted by molar-refractivity contribution is 5.30. The van der Waals surface area contributed by atoms with Crippen LogP contribution in [0.4, 0.5) is 10.3 Å². The lowest BCUT2D eigenvalue weighted by Gasteiger charge is -2.31. The van der Waals surface area contributed by atoms with Crippen LogP contribution >= 0.6 is 0 Å². The van der Waals surface area contributed by atoms with Gasteiger partial charge in [-0.2, -0.15) is 5.10 Å². The van der Waals surface area contributed by atoms with Crippen LogP contribution in [0.3, 0.4) is 0 Å². The first-order valence-corrected chi connectivity index (χ1v) is 9.02. The zero-order chi connectivity index (χ0) is 18.8. The Hall–Kier alpha value is -3.03. The molecule has 0 unspecified atom stereocenters. The molecule has 3 aromatic rings. The Bertz CT molecular complexity index is 958. The second-order valence-corrected chi connectivity index (χ2v) is 6.80. The lowest BCUT2D eigenvalue weighted by molar-refractivity contribution is 0.462. The third-order valence-electron chi connectivity index (χ3n) is 4.97. The van der Waals surface area contributed by atoms with E-state index >= 15 is 0 Å². The summed E-state index contributed by atoms with van der Waals surface area (Å²) in [5, 5.41) is 4.51. The highest BCUT2D eigenvalue weighted by Crippen LogP contribution is 2.28. The lowest BCUT2D eigenvalue weighted by Crippen LogP contribution is -2.35. The highest BCUT2D eigenvalue weighted by Gasteiger charge is 2.27. The van der Waals surface area contributed by atoms with Crippen molar-refractivity contribution in [1.82, 2.24) is 24.3 Å². The van der Waals surface area contributed by atoms with E-state index in [2.05, 4.69) is 15.1 Å². The third-order valence-corrected chi connectivity index (χ3v) is 4.97. The predicted octanol–water partition coefficient (Wildman–Crippen LogP) is 1.94. The molecule has 0 aliphatic carbocycles. The fourth-order valence-corrected chi connectivity index (χ4v) is 3.55. The van der Waals surface area contributed by atoms with Gasteiger partial charge in [-0.15, -0.1) is 0 Å². The van der Waals surface area contributed by atoms with Gasteiger partial charge in [-0.25, -0.2) is 23.8 Å². The number of rotatable bonds is 4. The first-order valence-electron chi connectivity index (χ1n) is 9.02. The predicted molar refractivity (Wildman–Crippen MR) is 99.2 cm³/mol. The van der Waals surface area contributed by atoms with E-state index in [9.17, 15) is 9.18 Å². The number of anilines is 1. The molecule has 0 radical (unpaired) electrons. The topological polar surface area (TPSA) is 68.8 Å². The molecule has 0 amide bonds. The van der Waals surface area contributed by atoms with Crippen molar-refractivity contribution in [3.05, 3.63) is 70.4 Å². The Morgan fingerprint density at radius 2 is 1.78 bits per heavy atom. The quantitative estimate of drug-likeness (QED) is 0.704. The van der Waals surface area contributed by atoms with Crippen molar-refractivity contribution in [2.24, 2.45) is 7.05 Å². The molecule has 0 bridgehead atoms. The van der Waals surface area contributed by atoms with Crippen LogP contribution in [0.15, 0.2) is 47.5 Å². The molecule has 140 valence electrons. The maximum Gasteiger partial charge on any atom is 0.345 e. The second-order valence-electron chi connectivity index (χ2n) is 6.80. The van der Waals surface area contributed by atoms with Gasteiger partial charge in [-0.3, -0.25) is 4.57 Å². The Labute approximate surface area is 156 Å². The average molecular weight is 368 g/mol. The van der Waals surface area contributed by atoms with Crippen LogP contribution in [0.5, 0.6) is 0 Å². The molecule has 1 saturated heterocycles. The monoisotopic (exact) mass is 368 g/mol. The van der Waals surface area contributed by atoms with E-state index in [0.29, 0.717) is 12.5 Å². The summed E-state index contributed by atoms with van der Waals surface area (Å²) < 4.78 is 16.2. The molecule has 1 aromatic carbocycles. The van der Waals surface area contributed by atoms with E-state index in [4.69, 9.17) is 0 Å². The Kier molecular flexibility index (Phi) is 4.70. The molecule has 1 aliphatic rings. The van der Waals surface area contributed by atoms with E-state index in [1.165, 1.54) is 17.1 Å². The van der Waals surface area contributed by atoms with Crippen molar-refractivity contribution in [2.45, 2.75) is 25.3 Å². The molecule has 8 heteroatoms. The van der Waals surface area contributed by atoms with Gasteiger partial charge in [0.05, 0.1) is 18.9 Å². The summed E-state index contributed by atoms with van der Waals surface area (Å²) in [4.78, 5) is 22.7. The molecule has 0 atom stereocenters. The van der Waals surface area contributed by atoms with Gasteiger partial charge in [0.15, 0.2) is 5.82 Å². The number of piperidine rings is 1. The number of hydrogen-bond acceptors (Lipinski definition) is 5. The molecule has 7 nitrogen and oxygen atoms in total. The lowest BCUT2D eigenvalue weighted by atomic mass is 9.96. The smallest absolute Gasteiger partial charge is 0.341 e. The van der Waals surface area contributed by atoms with Crippen LogP contribution in [0.2, 0.25) is 0 Å². The zero-order valence-electron chi connectivity index (χ0n) is 15.1. The van der Waals surface area contributed by atoms with Gasteiger partial charge < -0.3 is 4.90 Å². The number of nitrogens with zero attached hydrogens (tertiary/aromatic N) is 6. The molecule has 3 heterocycles. The molecule has 1 aliphatic heterocycles. The van der Waals surface area contributed by atoms with Crippen molar-refractivity contribution in [2.75, 3.05) is 18.0 Å². The van der Waals surface area contributed by atoms with Gasteiger partial charge in [-0.05, 0) is 18.4 Å². The van der Waals surface area contributed by atoms with Gasteiger partial charge in [0.2, 0.25) is 5.95 Å². The normalized spacial score (nSPS) is 15.3. The molecular weight excluding hydrogens is 347 g/mol. The third kappa shape index (κ3) is 3.60. The molecule has 0 saturated carbocycles. The van der Waals surface area contributed by atoms with Crippen molar-refractivity contribution in [3.63, 3.8) is 0 Å². The fourth-order valence-electron chi connectivity index (χ4n) is 3.55. The van der Waals surface area contributed by atoms with Gasteiger partial charge in [0, 0.05) is 26.1 Å². The molecule has 0 spiro atoms. The second kappa shape index (κ2) is 7.30. The first kappa shape index (κ1) is 17.4. The van der Waals surface area contributed by atoms with Crippen molar-refractivity contribution < 1.29 is 4.39 Å². The van der Waals surface area contributed by atoms with E-state index < -0.39 is 5.82 Å². The molecule has 4 rings (SSSR count). The minimum Gasteiger partial charge on any atom is -0.341 e. The Balaban J connectivity index is 1.52. The van der Waals surface area contributed by atoms with E-state index in [1.807, 2.05) is 35.2 Å². The molecule has 0 N–H and O–H groups in total.